The average molecular weight is 253 g/mol. The molecule has 90 valence electrons. The van der Waals surface area contributed by atoms with Crippen molar-refractivity contribution >= 4 is 24.4 Å². The molecule has 0 heterocycles. The molecule has 0 radical (unpaired) electrons. The molecule has 0 bridgehead atoms. The van der Waals surface area contributed by atoms with Crippen LogP contribution in [0.4, 0.5) is 0 Å². The first kappa shape index (κ1) is 15.0. The Kier molecular flexibility index (Phi) is 6.60. The van der Waals surface area contributed by atoms with Gasteiger partial charge in [-0.05, 0) is 39.5 Å². The molecule has 0 atom stereocenters. The lowest BCUT2D eigenvalue weighted by Crippen LogP contribution is -2.24. The highest BCUT2D eigenvalue weighted by molar-refractivity contribution is 8.09. The van der Waals surface area contributed by atoms with Gasteiger partial charge >= 0.3 is 0 Å². The second-order valence-corrected chi connectivity index (χ2v) is 6.78. The number of hydrogen-bond acceptors (Lipinski definition) is 4. The van der Waals surface area contributed by atoms with E-state index in [4.69, 9.17) is 20.9 Å². The molecule has 0 aliphatic rings. The molecule has 0 aliphatic heterocycles. The van der Waals surface area contributed by atoms with Crippen LogP contribution >= 0.6 is 6.64 Å². The molecule has 0 saturated carbocycles. The third kappa shape index (κ3) is 7.01. The van der Waals surface area contributed by atoms with Gasteiger partial charge in [-0.1, -0.05) is 6.92 Å². The predicted octanol–water partition coefficient (Wildman–Crippen LogP) is 2.59. The summed E-state index contributed by atoms with van der Waals surface area (Å²) in [4.78, 5) is 11.3. The molecule has 4 nitrogen and oxygen atoms in total. The molecule has 0 aromatic rings. The van der Waals surface area contributed by atoms with Crippen LogP contribution in [0.5, 0.6) is 0 Å². The maximum atomic E-state index is 11.3. The van der Waals surface area contributed by atoms with Crippen molar-refractivity contribution in [3.8, 4) is 0 Å². The van der Waals surface area contributed by atoms with E-state index in [1.807, 2.05) is 27.7 Å². The summed E-state index contributed by atoms with van der Waals surface area (Å²) in [5.41, 5.74) is 0. The highest BCUT2D eigenvalue weighted by atomic mass is 32.5. The van der Waals surface area contributed by atoms with Gasteiger partial charge in [0.05, 0.1) is 12.2 Å². The van der Waals surface area contributed by atoms with Gasteiger partial charge in [-0.3, -0.25) is 9.88 Å². The molecule has 0 spiro atoms. The van der Waals surface area contributed by atoms with E-state index in [1.54, 1.807) is 6.92 Å². The number of carbonyl (C=O) groups is 1. The lowest BCUT2D eigenvalue weighted by atomic mass is 10.5. The summed E-state index contributed by atoms with van der Waals surface area (Å²) >= 11 is 5.23. The zero-order valence-corrected chi connectivity index (χ0v) is 11.7. The molecule has 0 rings (SSSR count). The van der Waals surface area contributed by atoms with Gasteiger partial charge in [0.25, 0.3) is 6.64 Å². The minimum atomic E-state index is -2.67. The summed E-state index contributed by atoms with van der Waals surface area (Å²) in [6.07, 6.45) is 0.250. The number of nitrogens with one attached hydrogen (secondary N) is 1. The summed E-state index contributed by atoms with van der Waals surface area (Å²) in [5, 5.41) is 2.65. The van der Waals surface area contributed by atoms with Crippen LogP contribution < -0.4 is 5.09 Å². The fourth-order valence-corrected chi connectivity index (χ4v) is 3.93. The molecule has 6 heteroatoms. The molecule has 0 saturated heterocycles. The van der Waals surface area contributed by atoms with Crippen LogP contribution in [0.1, 0.15) is 41.0 Å². The number of carbonyl (C=O) groups excluding carboxylic acids is 1. The van der Waals surface area contributed by atoms with E-state index in [1.165, 1.54) is 0 Å². The zero-order valence-electron chi connectivity index (χ0n) is 9.94. The number of hydrogen-bond donors (Lipinski definition) is 1. The molecular formula is C9H20NO3PS. The van der Waals surface area contributed by atoms with Crippen LogP contribution in [0.3, 0.4) is 0 Å². The van der Waals surface area contributed by atoms with Gasteiger partial charge in [0.15, 0.2) is 0 Å². The first-order valence-electron chi connectivity index (χ1n) is 5.07. The van der Waals surface area contributed by atoms with Gasteiger partial charge in [0.1, 0.15) is 0 Å². The van der Waals surface area contributed by atoms with Gasteiger partial charge in [0.2, 0.25) is 5.91 Å². The quantitative estimate of drug-likeness (QED) is 0.739. The van der Waals surface area contributed by atoms with E-state index in [0.717, 1.165) is 0 Å². The smallest absolute Gasteiger partial charge is 0.290 e. The highest BCUT2D eigenvalue weighted by Crippen LogP contribution is 2.46. The van der Waals surface area contributed by atoms with Crippen LogP contribution in [0.25, 0.3) is 0 Å². The second-order valence-electron chi connectivity index (χ2n) is 3.69. The molecule has 0 fully saturated rings. The van der Waals surface area contributed by atoms with E-state index < -0.39 is 6.64 Å². The maximum Gasteiger partial charge on any atom is 0.290 e. The minimum Gasteiger partial charge on any atom is -0.311 e. The Bertz CT molecular complexity index is 242. The molecule has 1 amide bonds. The lowest BCUT2D eigenvalue weighted by Gasteiger charge is -2.26. The number of rotatable bonds is 6. The molecule has 0 aromatic carbocycles. The molecule has 0 aliphatic carbocycles. The first-order valence-corrected chi connectivity index (χ1v) is 7.71. The summed E-state index contributed by atoms with van der Waals surface area (Å²) < 4.78 is 11.0. The Morgan fingerprint density at radius 3 is 1.93 bits per heavy atom. The third-order valence-corrected chi connectivity index (χ3v) is 3.99. The SMILES string of the molecule is CCC(=O)NP(=S)(OC(C)C)OC(C)C. The van der Waals surface area contributed by atoms with Crippen molar-refractivity contribution in [1.82, 2.24) is 5.09 Å². The summed E-state index contributed by atoms with van der Waals surface area (Å²) in [5.74, 6) is -0.139. The molecule has 1 N–H and O–H groups in total. The van der Waals surface area contributed by atoms with Crippen LogP contribution in [0, 0.1) is 0 Å². The van der Waals surface area contributed by atoms with Crippen molar-refractivity contribution in [2.45, 2.75) is 53.2 Å². The van der Waals surface area contributed by atoms with Gasteiger partial charge < -0.3 is 9.05 Å². The fourth-order valence-electron chi connectivity index (χ4n) is 0.864. The van der Waals surface area contributed by atoms with E-state index in [0.29, 0.717) is 6.42 Å². The van der Waals surface area contributed by atoms with Crippen LogP contribution in [-0.2, 0) is 25.6 Å². The Labute approximate surface area is 96.9 Å². The fraction of sp³-hybridized carbons (Fsp3) is 0.889. The minimum absolute atomic E-state index is 0.0632. The van der Waals surface area contributed by atoms with Crippen molar-refractivity contribution in [3.63, 3.8) is 0 Å². The van der Waals surface area contributed by atoms with Gasteiger partial charge in [-0.25, -0.2) is 0 Å². The van der Waals surface area contributed by atoms with E-state index in [9.17, 15) is 4.79 Å². The van der Waals surface area contributed by atoms with Crippen LogP contribution in [0.15, 0.2) is 0 Å². The molecular weight excluding hydrogens is 233 g/mol. The van der Waals surface area contributed by atoms with E-state index >= 15 is 0 Å². The van der Waals surface area contributed by atoms with Crippen molar-refractivity contribution in [2.24, 2.45) is 0 Å². The largest absolute Gasteiger partial charge is 0.311 e. The average Bonchev–Trinajstić information content (AvgIpc) is 1.99. The van der Waals surface area contributed by atoms with Crippen molar-refractivity contribution in [1.29, 1.82) is 0 Å². The Hall–Kier alpha value is 0.0400. The van der Waals surface area contributed by atoms with Crippen molar-refractivity contribution < 1.29 is 13.8 Å². The monoisotopic (exact) mass is 253 g/mol. The van der Waals surface area contributed by atoms with Crippen molar-refractivity contribution in [2.75, 3.05) is 0 Å². The Balaban J connectivity index is 4.55. The van der Waals surface area contributed by atoms with Gasteiger partial charge in [-0.2, -0.15) is 0 Å². The first-order chi connectivity index (χ1) is 6.79. The second kappa shape index (κ2) is 6.59. The highest BCUT2D eigenvalue weighted by Gasteiger charge is 2.24. The summed E-state index contributed by atoms with van der Waals surface area (Å²) in [6.45, 7) is 6.55. The van der Waals surface area contributed by atoms with Crippen LogP contribution in [0.2, 0.25) is 0 Å². The van der Waals surface area contributed by atoms with Gasteiger partial charge in [0, 0.05) is 6.42 Å². The van der Waals surface area contributed by atoms with E-state index in [-0.39, 0.29) is 18.1 Å². The van der Waals surface area contributed by atoms with Crippen LogP contribution in [-0.4, -0.2) is 18.1 Å². The Morgan fingerprint density at radius 2 is 1.67 bits per heavy atom. The third-order valence-electron chi connectivity index (χ3n) is 1.28. The lowest BCUT2D eigenvalue weighted by molar-refractivity contribution is -0.119. The van der Waals surface area contributed by atoms with Gasteiger partial charge in [-0.15, -0.1) is 0 Å². The summed E-state index contributed by atoms with van der Waals surface area (Å²) in [6, 6.07) is 0. The topological polar surface area (TPSA) is 47.6 Å². The Morgan fingerprint density at radius 1 is 1.27 bits per heavy atom. The van der Waals surface area contributed by atoms with E-state index in [2.05, 4.69) is 5.09 Å². The molecule has 0 unspecified atom stereocenters. The standard InChI is InChI=1S/C9H20NO3PS/c1-6-9(11)10-14(15,12-7(2)3)13-8(4)5/h7-8H,6H2,1-5H3,(H,10,11,15). The molecule has 0 aromatic heterocycles. The molecule has 15 heavy (non-hydrogen) atoms. The number of amides is 1. The normalized spacial score (nSPS) is 12.2. The maximum absolute atomic E-state index is 11.3. The predicted molar refractivity (Wildman–Crippen MR) is 65.2 cm³/mol. The summed E-state index contributed by atoms with van der Waals surface area (Å²) in [7, 11) is 0. The van der Waals surface area contributed by atoms with Crippen molar-refractivity contribution in [3.05, 3.63) is 0 Å². The zero-order chi connectivity index (χ0) is 12.1.